The van der Waals surface area contributed by atoms with Crippen molar-refractivity contribution in [3.63, 3.8) is 0 Å². The number of H-pyrrole nitrogens is 1. The van der Waals surface area contributed by atoms with Crippen molar-refractivity contribution >= 4 is 16.6 Å². The summed E-state index contributed by atoms with van der Waals surface area (Å²) in [6.07, 6.45) is 0. The fourth-order valence-electron chi connectivity index (χ4n) is 2.20. The summed E-state index contributed by atoms with van der Waals surface area (Å²) in [5.41, 5.74) is 9.70. The van der Waals surface area contributed by atoms with Crippen LogP contribution < -0.4 is 11.2 Å². The number of hydrogen-bond acceptors (Lipinski definition) is 2. The van der Waals surface area contributed by atoms with Crippen LogP contribution in [0.15, 0.2) is 53.3 Å². The van der Waals surface area contributed by atoms with Gasteiger partial charge in [0.25, 0.3) is 0 Å². The van der Waals surface area contributed by atoms with Gasteiger partial charge in [0.2, 0.25) is 5.43 Å². The van der Waals surface area contributed by atoms with E-state index in [-0.39, 0.29) is 11.1 Å². The third kappa shape index (κ3) is 1.89. The maximum atomic E-state index is 12.2. The molecular weight excluding hydrogens is 236 g/mol. The molecule has 0 saturated carbocycles. The van der Waals surface area contributed by atoms with E-state index in [1.165, 1.54) is 5.56 Å². The lowest BCUT2D eigenvalue weighted by atomic mass is 10.1. The number of nitrogens with two attached hydrogens (primary N) is 1. The smallest absolute Gasteiger partial charge is 0.212 e. The Kier molecular flexibility index (Phi) is 2.60. The third-order valence-corrected chi connectivity index (χ3v) is 3.29. The predicted molar refractivity (Wildman–Crippen MR) is 79.2 cm³/mol. The summed E-state index contributed by atoms with van der Waals surface area (Å²) in [5.74, 6) is 0. The van der Waals surface area contributed by atoms with Crippen LogP contribution >= 0.6 is 0 Å². The SMILES string of the molecule is Cc1ccc(-c2[nH]c3ccccc3c(=O)c2N)cc1. The molecule has 2 aromatic carbocycles. The van der Waals surface area contributed by atoms with Gasteiger partial charge in [0.05, 0.1) is 5.69 Å². The maximum Gasteiger partial charge on any atom is 0.212 e. The first-order valence-corrected chi connectivity index (χ1v) is 6.14. The van der Waals surface area contributed by atoms with Gasteiger partial charge in [-0.15, -0.1) is 0 Å². The summed E-state index contributed by atoms with van der Waals surface area (Å²) >= 11 is 0. The Hall–Kier alpha value is -2.55. The van der Waals surface area contributed by atoms with Gasteiger partial charge in [-0.2, -0.15) is 0 Å². The van der Waals surface area contributed by atoms with Gasteiger partial charge >= 0.3 is 0 Å². The highest BCUT2D eigenvalue weighted by Gasteiger charge is 2.10. The van der Waals surface area contributed by atoms with Crippen LogP contribution in [0.3, 0.4) is 0 Å². The van der Waals surface area contributed by atoms with E-state index in [2.05, 4.69) is 4.98 Å². The number of benzene rings is 2. The van der Waals surface area contributed by atoms with Crippen molar-refractivity contribution in [2.45, 2.75) is 6.92 Å². The molecule has 3 aromatic rings. The monoisotopic (exact) mass is 250 g/mol. The lowest BCUT2D eigenvalue weighted by Gasteiger charge is -2.08. The second-order valence-electron chi connectivity index (χ2n) is 4.65. The first-order valence-electron chi connectivity index (χ1n) is 6.14. The zero-order valence-electron chi connectivity index (χ0n) is 10.6. The number of aryl methyl sites for hydroxylation is 1. The summed E-state index contributed by atoms with van der Waals surface area (Å²) in [6.45, 7) is 2.02. The minimum atomic E-state index is -0.120. The van der Waals surface area contributed by atoms with E-state index in [4.69, 9.17) is 5.73 Å². The predicted octanol–water partition coefficient (Wildman–Crippen LogP) is 3.09. The molecule has 3 nitrogen and oxygen atoms in total. The third-order valence-electron chi connectivity index (χ3n) is 3.29. The molecule has 0 saturated heterocycles. The number of rotatable bonds is 1. The van der Waals surface area contributed by atoms with Crippen LogP contribution in [0.1, 0.15) is 5.56 Å². The van der Waals surface area contributed by atoms with Gasteiger partial charge in [-0.05, 0) is 19.1 Å². The van der Waals surface area contributed by atoms with Crippen molar-refractivity contribution in [1.82, 2.24) is 4.98 Å². The highest BCUT2D eigenvalue weighted by atomic mass is 16.1. The zero-order chi connectivity index (χ0) is 13.4. The van der Waals surface area contributed by atoms with Gasteiger partial charge in [0.1, 0.15) is 5.69 Å². The molecule has 0 aliphatic rings. The minimum absolute atomic E-state index is 0.120. The Balaban J connectivity index is 2.33. The second-order valence-corrected chi connectivity index (χ2v) is 4.65. The number of aromatic amines is 1. The number of para-hydroxylation sites is 1. The van der Waals surface area contributed by atoms with E-state index < -0.39 is 0 Å². The van der Waals surface area contributed by atoms with Gasteiger partial charge in [-0.25, -0.2) is 0 Å². The van der Waals surface area contributed by atoms with Gasteiger partial charge < -0.3 is 10.7 Å². The van der Waals surface area contributed by atoms with Gasteiger partial charge in [0.15, 0.2) is 0 Å². The summed E-state index contributed by atoms with van der Waals surface area (Å²) in [6, 6.07) is 15.3. The summed E-state index contributed by atoms with van der Waals surface area (Å²) in [5, 5.41) is 0.621. The Bertz CT molecular complexity index is 801. The average Bonchev–Trinajstić information content (AvgIpc) is 2.44. The largest absolute Gasteiger partial charge is 0.394 e. The van der Waals surface area contributed by atoms with Crippen molar-refractivity contribution in [3.05, 3.63) is 64.3 Å². The van der Waals surface area contributed by atoms with Gasteiger partial charge in [-0.1, -0.05) is 42.0 Å². The second kappa shape index (κ2) is 4.28. The van der Waals surface area contributed by atoms with E-state index in [9.17, 15) is 4.79 Å². The molecule has 0 bridgehead atoms. The molecule has 0 atom stereocenters. The molecule has 0 amide bonds. The lowest BCUT2D eigenvalue weighted by Crippen LogP contribution is -2.11. The molecule has 3 rings (SSSR count). The van der Waals surface area contributed by atoms with Crippen LogP contribution in [-0.2, 0) is 0 Å². The van der Waals surface area contributed by atoms with Crippen molar-refractivity contribution in [2.75, 3.05) is 5.73 Å². The van der Waals surface area contributed by atoms with Crippen LogP contribution in [0.5, 0.6) is 0 Å². The Morgan fingerprint density at radius 3 is 2.42 bits per heavy atom. The van der Waals surface area contributed by atoms with Gasteiger partial charge in [-0.3, -0.25) is 4.79 Å². The number of nitrogens with one attached hydrogen (secondary N) is 1. The highest BCUT2D eigenvalue weighted by molar-refractivity contribution is 5.87. The molecule has 19 heavy (non-hydrogen) atoms. The molecule has 0 aliphatic carbocycles. The number of nitrogen functional groups attached to an aromatic ring is 1. The molecule has 0 unspecified atom stereocenters. The number of anilines is 1. The van der Waals surface area contributed by atoms with Crippen LogP contribution in [0.25, 0.3) is 22.2 Å². The van der Waals surface area contributed by atoms with E-state index >= 15 is 0 Å². The van der Waals surface area contributed by atoms with E-state index in [0.717, 1.165) is 11.1 Å². The molecule has 0 spiro atoms. The lowest BCUT2D eigenvalue weighted by molar-refractivity contribution is 1.37. The topological polar surface area (TPSA) is 58.9 Å². The first kappa shape index (κ1) is 11.5. The first-order chi connectivity index (χ1) is 9.16. The Labute approximate surface area is 110 Å². The highest BCUT2D eigenvalue weighted by Crippen LogP contribution is 2.24. The van der Waals surface area contributed by atoms with Crippen LogP contribution in [-0.4, -0.2) is 4.98 Å². The number of fused-ring (bicyclic) bond motifs is 1. The zero-order valence-corrected chi connectivity index (χ0v) is 10.6. The molecule has 0 radical (unpaired) electrons. The number of pyridine rings is 1. The summed E-state index contributed by atoms with van der Waals surface area (Å²) in [7, 11) is 0. The summed E-state index contributed by atoms with van der Waals surface area (Å²) < 4.78 is 0. The van der Waals surface area contributed by atoms with Gasteiger partial charge in [0, 0.05) is 16.5 Å². The van der Waals surface area contributed by atoms with Crippen LogP contribution in [0.2, 0.25) is 0 Å². The molecule has 94 valence electrons. The van der Waals surface area contributed by atoms with Crippen molar-refractivity contribution < 1.29 is 0 Å². The minimum Gasteiger partial charge on any atom is -0.394 e. The van der Waals surface area contributed by atoms with E-state index in [1.807, 2.05) is 49.4 Å². The Morgan fingerprint density at radius 2 is 1.68 bits per heavy atom. The fourth-order valence-corrected chi connectivity index (χ4v) is 2.20. The molecule has 3 heteroatoms. The normalized spacial score (nSPS) is 10.8. The molecule has 1 heterocycles. The quantitative estimate of drug-likeness (QED) is 0.697. The van der Waals surface area contributed by atoms with Crippen LogP contribution in [0, 0.1) is 6.92 Å². The molecular formula is C16H14N2O. The average molecular weight is 250 g/mol. The number of aromatic nitrogens is 1. The van der Waals surface area contributed by atoms with Crippen LogP contribution in [0.4, 0.5) is 5.69 Å². The fraction of sp³-hybridized carbons (Fsp3) is 0.0625. The molecule has 0 aliphatic heterocycles. The molecule has 1 aromatic heterocycles. The van der Waals surface area contributed by atoms with E-state index in [1.54, 1.807) is 6.07 Å². The molecule has 0 fully saturated rings. The van der Waals surface area contributed by atoms with Crippen molar-refractivity contribution in [1.29, 1.82) is 0 Å². The maximum absolute atomic E-state index is 12.2. The van der Waals surface area contributed by atoms with E-state index in [0.29, 0.717) is 11.1 Å². The molecule has 3 N–H and O–H groups in total. The van der Waals surface area contributed by atoms with Crippen molar-refractivity contribution in [3.8, 4) is 11.3 Å². The summed E-state index contributed by atoms with van der Waals surface area (Å²) in [4.78, 5) is 15.5. The standard InChI is InChI=1S/C16H14N2O/c1-10-6-8-11(9-7-10)15-14(17)16(19)12-4-2-3-5-13(12)18-15/h2-9H,17H2,1H3,(H,18,19). The Morgan fingerprint density at radius 1 is 1.00 bits per heavy atom. The van der Waals surface area contributed by atoms with Crippen molar-refractivity contribution in [2.24, 2.45) is 0 Å². The number of hydrogen-bond donors (Lipinski definition) is 2.